The van der Waals surface area contributed by atoms with Crippen LogP contribution in [-0.2, 0) is 21.4 Å². The quantitative estimate of drug-likeness (QED) is 0.329. The zero-order valence-electron chi connectivity index (χ0n) is 18.8. The molecule has 1 saturated heterocycles. The van der Waals surface area contributed by atoms with Crippen LogP contribution in [-0.4, -0.2) is 41.0 Å². The highest BCUT2D eigenvalue weighted by Crippen LogP contribution is 2.36. The van der Waals surface area contributed by atoms with Gasteiger partial charge in [0.2, 0.25) is 0 Å². The van der Waals surface area contributed by atoms with E-state index >= 15 is 0 Å². The van der Waals surface area contributed by atoms with Gasteiger partial charge in [0.05, 0.1) is 17.5 Å². The van der Waals surface area contributed by atoms with Crippen molar-refractivity contribution in [1.82, 2.24) is 9.47 Å². The summed E-state index contributed by atoms with van der Waals surface area (Å²) in [5, 5.41) is 1.75. The minimum absolute atomic E-state index is 0.171. The fourth-order valence-corrected chi connectivity index (χ4v) is 5.31. The van der Waals surface area contributed by atoms with Crippen LogP contribution in [0, 0.1) is 5.92 Å². The van der Waals surface area contributed by atoms with Gasteiger partial charge in [0.1, 0.15) is 0 Å². The highest BCUT2D eigenvalue weighted by Gasteiger charge is 2.30. The Morgan fingerprint density at radius 1 is 1.21 bits per heavy atom. The molecule has 1 aliphatic heterocycles. The van der Waals surface area contributed by atoms with Gasteiger partial charge in [0.25, 0.3) is 5.91 Å². The van der Waals surface area contributed by atoms with Crippen molar-refractivity contribution in [1.29, 1.82) is 0 Å². The summed E-state index contributed by atoms with van der Waals surface area (Å²) in [7, 11) is 2.03. The van der Waals surface area contributed by atoms with Crippen LogP contribution in [0.5, 0.6) is 0 Å². The highest BCUT2D eigenvalue weighted by atomic mass is 35.5. The number of piperidine rings is 1. The Morgan fingerprint density at radius 2 is 2.03 bits per heavy atom. The molecule has 33 heavy (non-hydrogen) atoms. The molecule has 0 bridgehead atoms. The lowest BCUT2D eigenvalue weighted by molar-refractivity contribution is -0.150. The number of hydrogen-bond acceptors (Lipinski definition) is 4. The molecule has 1 aliphatic rings. The number of rotatable bonds is 6. The molecule has 0 saturated carbocycles. The van der Waals surface area contributed by atoms with Crippen LogP contribution < -0.4 is 0 Å². The standard InChI is InChI=1S/C26H27ClN2O3S/c1-4-32-26(31)20-6-5-12-29(16-20)25(30)17(2)18-7-10-24(22(27)15-18)33-21-8-9-23-19(14-21)11-13-28(23)3/h7-11,13-15,20H,2,4-6,12,16H2,1,3H3. The minimum Gasteiger partial charge on any atom is -0.466 e. The number of aromatic nitrogens is 1. The Hall–Kier alpha value is -2.70. The Morgan fingerprint density at radius 3 is 2.79 bits per heavy atom. The van der Waals surface area contributed by atoms with Gasteiger partial charge in [-0.1, -0.05) is 36.0 Å². The first-order chi connectivity index (χ1) is 15.9. The third-order valence-corrected chi connectivity index (χ3v) is 7.44. The number of benzene rings is 2. The van der Waals surface area contributed by atoms with Crippen LogP contribution in [0.15, 0.2) is 65.0 Å². The van der Waals surface area contributed by atoms with E-state index in [-0.39, 0.29) is 17.8 Å². The van der Waals surface area contributed by atoms with Gasteiger partial charge in [0, 0.05) is 52.6 Å². The zero-order chi connectivity index (χ0) is 23.5. The number of carbonyl (C=O) groups is 2. The summed E-state index contributed by atoms with van der Waals surface area (Å²) in [6, 6.07) is 14.0. The number of fused-ring (bicyclic) bond motifs is 1. The van der Waals surface area contributed by atoms with Crippen LogP contribution >= 0.6 is 23.4 Å². The van der Waals surface area contributed by atoms with Crippen molar-refractivity contribution >= 4 is 51.7 Å². The van der Waals surface area contributed by atoms with E-state index < -0.39 is 0 Å². The molecule has 1 aromatic heterocycles. The molecule has 5 nitrogen and oxygen atoms in total. The summed E-state index contributed by atoms with van der Waals surface area (Å²) in [6.45, 7) is 7.13. The lowest BCUT2D eigenvalue weighted by Crippen LogP contribution is -2.43. The van der Waals surface area contributed by atoms with Crippen molar-refractivity contribution in [2.24, 2.45) is 13.0 Å². The maximum absolute atomic E-state index is 13.1. The number of likely N-dealkylation sites (tertiary alicyclic amines) is 1. The van der Waals surface area contributed by atoms with E-state index in [9.17, 15) is 9.59 Å². The molecule has 3 aromatic rings. The minimum atomic E-state index is -0.278. The van der Waals surface area contributed by atoms with Crippen molar-refractivity contribution in [3.63, 3.8) is 0 Å². The number of amides is 1. The van der Waals surface area contributed by atoms with Gasteiger partial charge in [-0.05, 0) is 61.7 Å². The maximum atomic E-state index is 13.1. The molecular formula is C26H27ClN2O3S. The van der Waals surface area contributed by atoms with E-state index in [2.05, 4.69) is 35.4 Å². The Kier molecular flexibility index (Phi) is 7.15. The second-order valence-corrected chi connectivity index (χ2v) is 9.74. The summed E-state index contributed by atoms with van der Waals surface area (Å²) >= 11 is 8.17. The first-order valence-corrected chi connectivity index (χ1v) is 12.2. The number of halogens is 1. The Bertz CT molecular complexity index is 1220. The molecule has 2 aromatic carbocycles. The molecule has 1 unspecified atom stereocenters. The van der Waals surface area contributed by atoms with Gasteiger partial charge in [-0.15, -0.1) is 0 Å². The van der Waals surface area contributed by atoms with Crippen LogP contribution in [0.1, 0.15) is 25.3 Å². The molecule has 2 heterocycles. The zero-order valence-corrected chi connectivity index (χ0v) is 20.4. The van der Waals surface area contributed by atoms with Gasteiger partial charge in [0.15, 0.2) is 0 Å². The van der Waals surface area contributed by atoms with Gasteiger partial charge in [-0.25, -0.2) is 0 Å². The fraction of sp³-hybridized carbons (Fsp3) is 0.308. The molecule has 7 heteroatoms. The van der Waals surface area contributed by atoms with Gasteiger partial charge >= 0.3 is 5.97 Å². The van der Waals surface area contributed by atoms with Crippen LogP contribution in [0.2, 0.25) is 5.02 Å². The summed E-state index contributed by atoms with van der Waals surface area (Å²) in [5.41, 5.74) is 2.24. The molecule has 1 amide bonds. The molecule has 1 fully saturated rings. The Balaban J connectivity index is 1.45. The largest absolute Gasteiger partial charge is 0.466 e. The van der Waals surface area contributed by atoms with Crippen molar-refractivity contribution < 1.29 is 14.3 Å². The molecule has 0 radical (unpaired) electrons. The van der Waals surface area contributed by atoms with E-state index in [1.807, 2.05) is 25.4 Å². The number of hydrogen-bond donors (Lipinski definition) is 0. The fourth-order valence-electron chi connectivity index (χ4n) is 4.15. The summed E-state index contributed by atoms with van der Waals surface area (Å²) < 4.78 is 7.23. The molecule has 0 N–H and O–H groups in total. The van der Waals surface area contributed by atoms with Crippen molar-refractivity contribution in [2.75, 3.05) is 19.7 Å². The van der Waals surface area contributed by atoms with Crippen LogP contribution in [0.4, 0.5) is 0 Å². The molecule has 4 rings (SSSR count). The number of aryl methyl sites for hydroxylation is 1. The van der Waals surface area contributed by atoms with Crippen molar-refractivity contribution in [3.05, 3.63) is 65.8 Å². The van der Waals surface area contributed by atoms with Gasteiger partial charge in [-0.2, -0.15) is 0 Å². The van der Waals surface area contributed by atoms with E-state index in [0.717, 1.165) is 22.6 Å². The lowest BCUT2D eigenvalue weighted by Gasteiger charge is -2.32. The number of esters is 1. The van der Waals surface area contributed by atoms with E-state index in [1.165, 1.54) is 10.9 Å². The predicted molar refractivity (Wildman–Crippen MR) is 133 cm³/mol. The second-order valence-electron chi connectivity index (χ2n) is 8.22. The normalized spacial score (nSPS) is 16.1. The van der Waals surface area contributed by atoms with Crippen molar-refractivity contribution in [2.45, 2.75) is 29.6 Å². The topological polar surface area (TPSA) is 51.5 Å². The average molecular weight is 483 g/mol. The maximum Gasteiger partial charge on any atom is 0.310 e. The summed E-state index contributed by atoms with van der Waals surface area (Å²) in [5.74, 6) is -0.687. The van der Waals surface area contributed by atoms with Crippen molar-refractivity contribution in [3.8, 4) is 0 Å². The molecular weight excluding hydrogens is 456 g/mol. The average Bonchev–Trinajstić information content (AvgIpc) is 3.19. The third-order valence-electron chi connectivity index (χ3n) is 5.95. The van der Waals surface area contributed by atoms with Crippen LogP contribution in [0.25, 0.3) is 16.5 Å². The smallest absolute Gasteiger partial charge is 0.310 e. The molecule has 172 valence electrons. The molecule has 1 atom stereocenters. The summed E-state index contributed by atoms with van der Waals surface area (Å²) in [4.78, 5) is 28.9. The number of nitrogens with zero attached hydrogens (tertiary/aromatic N) is 2. The number of carbonyl (C=O) groups excluding carboxylic acids is 2. The van der Waals surface area contributed by atoms with E-state index in [0.29, 0.717) is 35.9 Å². The SMILES string of the molecule is C=C(C(=O)N1CCCC(C(=O)OCC)C1)c1ccc(Sc2ccc3c(ccn3C)c2)c(Cl)c1. The molecule has 0 spiro atoms. The first-order valence-electron chi connectivity index (χ1n) is 11.0. The second kappa shape index (κ2) is 10.1. The highest BCUT2D eigenvalue weighted by molar-refractivity contribution is 7.99. The number of ether oxygens (including phenoxy) is 1. The van der Waals surface area contributed by atoms with Gasteiger partial charge < -0.3 is 14.2 Å². The monoisotopic (exact) mass is 482 g/mol. The Labute approximate surface area is 203 Å². The van der Waals surface area contributed by atoms with Gasteiger partial charge in [-0.3, -0.25) is 9.59 Å². The molecule has 0 aliphatic carbocycles. The predicted octanol–water partition coefficient (Wildman–Crippen LogP) is 5.80. The third kappa shape index (κ3) is 5.12. The van der Waals surface area contributed by atoms with E-state index in [1.54, 1.807) is 29.7 Å². The van der Waals surface area contributed by atoms with Crippen LogP contribution in [0.3, 0.4) is 0 Å². The van der Waals surface area contributed by atoms with E-state index in [4.69, 9.17) is 16.3 Å². The first kappa shape index (κ1) is 23.5. The summed E-state index contributed by atoms with van der Waals surface area (Å²) in [6.07, 6.45) is 3.55. The lowest BCUT2D eigenvalue weighted by atomic mass is 9.96.